The van der Waals surface area contributed by atoms with Gasteiger partial charge in [0.15, 0.2) is 0 Å². The predicted octanol–water partition coefficient (Wildman–Crippen LogP) is 1.41. The molecule has 0 aromatic carbocycles. The van der Waals surface area contributed by atoms with Crippen molar-refractivity contribution >= 4 is 6.29 Å². The Kier molecular flexibility index (Phi) is 28.4. The van der Waals surface area contributed by atoms with Crippen molar-refractivity contribution in [2.45, 2.75) is 12.8 Å². The van der Waals surface area contributed by atoms with Gasteiger partial charge in [0.1, 0.15) is 6.29 Å². The molecule has 0 heterocycles. The van der Waals surface area contributed by atoms with E-state index >= 15 is 0 Å². The van der Waals surface area contributed by atoms with Crippen molar-refractivity contribution in [1.29, 1.82) is 0 Å². The molecule has 0 rings (SSSR count). The Morgan fingerprint density at radius 3 is 1.16 bits per heavy atom. The highest BCUT2D eigenvalue weighted by atomic mass is 16.6. The predicted molar refractivity (Wildman–Crippen MR) is 116 cm³/mol. The molecule has 0 bridgehead atoms. The van der Waals surface area contributed by atoms with Crippen LogP contribution in [0.4, 0.5) is 0 Å². The van der Waals surface area contributed by atoms with Gasteiger partial charge in [0.2, 0.25) is 0 Å². The lowest BCUT2D eigenvalue weighted by atomic mass is 10.3. The van der Waals surface area contributed by atoms with Crippen LogP contribution in [0.25, 0.3) is 10.4 Å². The molecule has 0 fully saturated rings. The normalized spacial score (nSPS) is 10.9. The van der Waals surface area contributed by atoms with Crippen LogP contribution >= 0.6 is 0 Å². The summed E-state index contributed by atoms with van der Waals surface area (Å²) >= 11 is 0. The number of carbonyl (C=O) groups excluding carboxylic acids is 1. The van der Waals surface area contributed by atoms with E-state index in [0.29, 0.717) is 119 Å². The molecule has 12 heteroatoms. The third-order valence-corrected chi connectivity index (χ3v) is 3.61. The molecule has 0 spiro atoms. The summed E-state index contributed by atoms with van der Waals surface area (Å²) in [5.74, 6) is 0. The van der Waals surface area contributed by atoms with Gasteiger partial charge in [-0.3, -0.25) is 0 Å². The van der Waals surface area contributed by atoms with Crippen molar-refractivity contribution in [3.05, 3.63) is 10.4 Å². The number of rotatable bonds is 28. The first-order valence-corrected chi connectivity index (χ1v) is 11.0. The van der Waals surface area contributed by atoms with Crippen LogP contribution in [0.5, 0.6) is 0 Å². The van der Waals surface area contributed by atoms with E-state index in [9.17, 15) is 4.79 Å². The van der Waals surface area contributed by atoms with E-state index in [0.717, 1.165) is 12.7 Å². The second-order valence-corrected chi connectivity index (χ2v) is 6.16. The molecule has 0 atom stereocenters. The lowest BCUT2D eigenvalue weighted by molar-refractivity contribution is -0.108. The van der Waals surface area contributed by atoms with Gasteiger partial charge in [0.25, 0.3) is 0 Å². The third-order valence-electron chi connectivity index (χ3n) is 3.61. The van der Waals surface area contributed by atoms with Gasteiger partial charge < -0.3 is 42.7 Å². The number of ether oxygens (including phenoxy) is 8. The van der Waals surface area contributed by atoms with Crippen molar-refractivity contribution in [3.63, 3.8) is 0 Å². The Balaban J connectivity index is 3.01. The first-order chi connectivity index (χ1) is 15.9. The molecule has 12 nitrogen and oxygen atoms in total. The van der Waals surface area contributed by atoms with E-state index in [1.54, 1.807) is 0 Å². The molecule has 0 aromatic heterocycles. The first-order valence-electron chi connectivity index (χ1n) is 11.0. The molecule has 0 radical (unpaired) electrons. The number of carbonyl (C=O) groups is 1. The van der Waals surface area contributed by atoms with Gasteiger partial charge in [0, 0.05) is 24.5 Å². The van der Waals surface area contributed by atoms with Crippen LogP contribution < -0.4 is 0 Å². The number of hydrogen-bond donors (Lipinski definition) is 0. The van der Waals surface area contributed by atoms with Gasteiger partial charge in [-0.25, -0.2) is 0 Å². The molecule has 0 N–H and O–H groups in total. The summed E-state index contributed by atoms with van der Waals surface area (Å²) in [6, 6.07) is 0. The van der Waals surface area contributed by atoms with Crippen LogP contribution in [-0.4, -0.2) is 119 Å². The fourth-order valence-corrected chi connectivity index (χ4v) is 2.06. The van der Waals surface area contributed by atoms with Crippen LogP contribution in [-0.2, 0) is 42.7 Å². The summed E-state index contributed by atoms with van der Waals surface area (Å²) in [7, 11) is 0. The SMILES string of the molecule is [N-]=[N+]=NCCOCCOCCOCCOCCOCCOCCOCCOCCCC=O. The Hall–Kier alpha value is -1.34. The third kappa shape index (κ3) is 28.7. The van der Waals surface area contributed by atoms with E-state index in [4.69, 9.17) is 43.4 Å². The average molecular weight is 466 g/mol. The Bertz CT molecular complexity index is 427. The van der Waals surface area contributed by atoms with Gasteiger partial charge in [-0.05, 0) is 12.0 Å². The molecule has 0 saturated heterocycles. The van der Waals surface area contributed by atoms with Crippen molar-refractivity contribution in [3.8, 4) is 0 Å². The van der Waals surface area contributed by atoms with Gasteiger partial charge in [0.05, 0.1) is 99.1 Å². The zero-order valence-electron chi connectivity index (χ0n) is 19.0. The zero-order valence-corrected chi connectivity index (χ0v) is 19.0. The summed E-state index contributed by atoms with van der Waals surface area (Å²) in [5, 5.41) is 3.36. The lowest BCUT2D eigenvalue weighted by Crippen LogP contribution is -2.15. The van der Waals surface area contributed by atoms with E-state index < -0.39 is 0 Å². The number of hydrogen-bond acceptors (Lipinski definition) is 10. The van der Waals surface area contributed by atoms with Gasteiger partial charge in [-0.2, -0.15) is 0 Å². The fourth-order valence-electron chi connectivity index (χ4n) is 2.06. The van der Waals surface area contributed by atoms with Crippen LogP contribution in [0.3, 0.4) is 0 Å². The van der Waals surface area contributed by atoms with Gasteiger partial charge in [-0.1, -0.05) is 5.11 Å². The quantitative estimate of drug-likeness (QED) is 0.0551. The second kappa shape index (κ2) is 29.7. The molecule has 0 aliphatic heterocycles. The largest absolute Gasteiger partial charge is 0.379 e. The smallest absolute Gasteiger partial charge is 0.120 e. The molecule has 0 unspecified atom stereocenters. The van der Waals surface area contributed by atoms with Crippen molar-refractivity contribution in [1.82, 2.24) is 0 Å². The standard InChI is InChI=1S/C20H39N3O9/c21-23-22-3-6-26-8-10-28-12-14-30-16-18-32-20-19-31-17-15-29-13-11-27-9-7-25-5-2-1-4-24/h4H,1-3,5-20H2. The van der Waals surface area contributed by atoms with E-state index in [2.05, 4.69) is 10.0 Å². The van der Waals surface area contributed by atoms with Crippen molar-refractivity contribution in [2.75, 3.05) is 112 Å². The second-order valence-electron chi connectivity index (χ2n) is 6.16. The molecule has 0 aliphatic rings. The highest BCUT2D eigenvalue weighted by Crippen LogP contribution is 1.88. The zero-order chi connectivity index (χ0) is 23.2. The maximum absolute atomic E-state index is 10.1. The highest BCUT2D eigenvalue weighted by molar-refractivity contribution is 5.48. The number of unbranched alkanes of at least 4 members (excludes halogenated alkanes) is 1. The van der Waals surface area contributed by atoms with Crippen LogP contribution in [0, 0.1) is 0 Å². The van der Waals surface area contributed by atoms with Gasteiger partial charge in [-0.15, -0.1) is 0 Å². The molecule has 32 heavy (non-hydrogen) atoms. The maximum Gasteiger partial charge on any atom is 0.120 e. The number of aldehydes is 1. The van der Waals surface area contributed by atoms with E-state index in [1.165, 1.54) is 0 Å². The lowest BCUT2D eigenvalue weighted by Gasteiger charge is -2.08. The van der Waals surface area contributed by atoms with Crippen LogP contribution in [0.2, 0.25) is 0 Å². The van der Waals surface area contributed by atoms with E-state index in [-0.39, 0.29) is 0 Å². The maximum atomic E-state index is 10.1. The van der Waals surface area contributed by atoms with Crippen LogP contribution in [0.1, 0.15) is 12.8 Å². The number of azide groups is 1. The molecule has 0 saturated carbocycles. The molecule has 188 valence electrons. The topological polar surface area (TPSA) is 140 Å². The Labute approximate surface area is 190 Å². The minimum absolute atomic E-state index is 0.330. The molecule has 0 amide bonds. The Morgan fingerprint density at radius 2 is 0.844 bits per heavy atom. The van der Waals surface area contributed by atoms with E-state index in [1.807, 2.05) is 0 Å². The molecular weight excluding hydrogens is 426 g/mol. The summed E-state index contributed by atoms with van der Waals surface area (Å²) in [4.78, 5) is 12.8. The fraction of sp³-hybridized carbons (Fsp3) is 0.950. The monoisotopic (exact) mass is 465 g/mol. The highest BCUT2D eigenvalue weighted by Gasteiger charge is 1.95. The van der Waals surface area contributed by atoms with Crippen molar-refractivity contribution < 1.29 is 42.7 Å². The number of nitrogens with zero attached hydrogens (tertiary/aromatic N) is 3. The summed E-state index contributed by atoms with van der Waals surface area (Å²) < 4.78 is 42.8. The van der Waals surface area contributed by atoms with Gasteiger partial charge >= 0.3 is 0 Å². The molecule has 0 aliphatic carbocycles. The molecular formula is C20H39N3O9. The van der Waals surface area contributed by atoms with Crippen LogP contribution in [0.15, 0.2) is 5.11 Å². The summed E-state index contributed by atoms with van der Waals surface area (Å²) in [6.07, 6.45) is 2.18. The molecule has 0 aromatic rings. The van der Waals surface area contributed by atoms with Crippen molar-refractivity contribution in [2.24, 2.45) is 5.11 Å². The average Bonchev–Trinajstić information content (AvgIpc) is 2.81. The summed E-state index contributed by atoms with van der Waals surface area (Å²) in [5.41, 5.74) is 8.10. The summed E-state index contributed by atoms with van der Waals surface area (Å²) in [6.45, 7) is 8.32. The minimum Gasteiger partial charge on any atom is -0.379 e. The minimum atomic E-state index is 0.330. The first kappa shape index (κ1) is 30.7. The Morgan fingerprint density at radius 1 is 0.531 bits per heavy atom.